The maximum Gasteiger partial charge on any atom is 0.314 e. The van der Waals surface area contributed by atoms with E-state index in [2.05, 4.69) is 5.32 Å². The highest BCUT2D eigenvalue weighted by Gasteiger charge is 2.22. The van der Waals surface area contributed by atoms with Crippen LogP contribution in [0.25, 0.3) is 0 Å². The number of nitrogens with one attached hydrogen (secondary N) is 1. The molecule has 0 bridgehead atoms. The molecule has 116 valence electrons. The van der Waals surface area contributed by atoms with E-state index in [1.807, 2.05) is 20.8 Å². The summed E-state index contributed by atoms with van der Waals surface area (Å²) in [7, 11) is 2.99. The van der Waals surface area contributed by atoms with Gasteiger partial charge in [0.2, 0.25) is 0 Å². The summed E-state index contributed by atoms with van der Waals surface area (Å²) in [6.07, 6.45) is 0. The molecule has 0 unspecified atom stereocenters. The minimum atomic E-state index is -0.709. The monoisotopic (exact) mass is 294 g/mol. The standard InChI is InChI=1S/C15H22N2O4/c1-6-17(7-2)15(19)14(18)16-13-11(20-4)8-10(3)9-12(13)21-5/h8-9H,6-7H2,1-5H3,(H,16,18). The fourth-order valence-corrected chi connectivity index (χ4v) is 1.99. The number of aryl methyl sites for hydroxylation is 1. The summed E-state index contributed by atoms with van der Waals surface area (Å²) in [6.45, 7) is 6.48. The Morgan fingerprint density at radius 3 is 1.95 bits per heavy atom. The number of hydrogen-bond acceptors (Lipinski definition) is 4. The van der Waals surface area contributed by atoms with Crippen molar-refractivity contribution in [1.29, 1.82) is 0 Å². The molecule has 6 heteroatoms. The van der Waals surface area contributed by atoms with E-state index in [0.29, 0.717) is 30.3 Å². The maximum atomic E-state index is 12.1. The third-order valence-corrected chi connectivity index (χ3v) is 3.13. The highest BCUT2D eigenvalue weighted by atomic mass is 16.5. The van der Waals surface area contributed by atoms with Gasteiger partial charge in [-0.25, -0.2) is 0 Å². The molecule has 0 aliphatic rings. The lowest BCUT2D eigenvalue weighted by Crippen LogP contribution is -2.39. The molecule has 0 atom stereocenters. The topological polar surface area (TPSA) is 67.9 Å². The Balaban J connectivity index is 3.07. The summed E-state index contributed by atoms with van der Waals surface area (Å²) in [6, 6.07) is 3.53. The number of methoxy groups -OCH3 is 2. The first-order chi connectivity index (χ1) is 9.98. The van der Waals surface area contributed by atoms with Gasteiger partial charge in [0.15, 0.2) is 0 Å². The largest absolute Gasteiger partial charge is 0.494 e. The van der Waals surface area contributed by atoms with E-state index in [-0.39, 0.29) is 0 Å². The van der Waals surface area contributed by atoms with Crippen LogP contribution in [0.3, 0.4) is 0 Å². The van der Waals surface area contributed by atoms with Crippen molar-refractivity contribution in [2.45, 2.75) is 20.8 Å². The van der Waals surface area contributed by atoms with Gasteiger partial charge in [0.1, 0.15) is 17.2 Å². The lowest BCUT2D eigenvalue weighted by molar-refractivity contribution is -0.142. The molecular weight excluding hydrogens is 272 g/mol. The molecule has 2 amide bonds. The van der Waals surface area contributed by atoms with Crippen LogP contribution in [0.5, 0.6) is 11.5 Å². The molecule has 0 aliphatic carbocycles. The van der Waals surface area contributed by atoms with E-state index in [1.54, 1.807) is 12.1 Å². The number of nitrogens with zero attached hydrogens (tertiary/aromatic N) is 1. The second-order valence-electron chi connectivity index (χ2n) is 4.48. The minimum absolute atomic E-state index is 0.358. The zero-order chi connectivity index (χ0) is 16.0. The summed E-state index contributed by atoms with van der Waals surface area (Å²) in [5.41, 5.74) is 1.29. The van der Waals surface area contributed by atoms with E-state index in [1.165, 1.54) is 19.1 Å². The Kier molecular flexibility index (Phi) is 6.02. The van der Waals surface area contributed by atoms with Crippen molar-refractivity contribution in [2.75, 3.05) is 32.6 Å². The van der Waals surface area contributed by atoms with Gasteiger partial charge in [0, 0.05) is 13.1 Å². The Labute approximate surface area is 125 Å². The quantitative estimate of drug-likeness (QED) is 0.841. The number of rotatable bonds is 5. The van der Waals surface area contributed by atoms with Crippen LogP contribution in [-0.4, -0.2) is 44.0 Å². The van der Waals surface area contributed by atoms with Crippen LogP contribution in [0, 0.1) is 6.92 Å². The number of amides is 2. The normalized spacial score (nSPS) is 9.95. The Morgan fingerprint density at radius 1 is 1.10 bits per heavy atom. The molecule has 0 heterocycles. The fraction of sp³-hybridized carbons (Fsp3) is 0.467. The molecule has 0 spiro atoms. The average molecular weight is 294 g/mol. The van der Waals surface area contributed by atoms with Crippen LogP contribution in [-0.2, 0) is 9.59 Å². The van der Waals surface area contributed by atoms with Crippen molar-refractivity contribution < 1.29 is 19.1 Å². The first-order valence-electron chi connectivity index (χ1n) is 6.81. The van der Waals surface area contributed by atoms with Crippen molar-refractivity contribution in [2.24, 2.45) is 0 Å². The molecular formula is C15H22N2O4. The Bertz CT molecular complexity index is 499. The van der Waals surface area contributed by atoms with Crippen LogP contribution < -0.4 is 14.8 Å². The highest BCUT2D eigenvalue weighted by molar-refractivity contribution is 6.39. The van der Waals surface area contributed by atoms with Gasteiger partial charge < -0.3 is 19.7 Å². The van der Waals surface area contributed by atoms with Crippen LogP contribution in [0.2, 0.25) is 0 Å². The average Bonchev–Trinajstić information content (AvgIpc) is 2.49. The predicted octanol–water partition coefficient (Wildman–Crippen LogP) is 1.82. The molecule has 0 aliphatic heterocycles. The molecule has 1 rings (SSSR count). The first-order valence-corrected chi connectivity index (χ1v) is 6.81. The minimum Gasteiger partial charge on any atom is -0.494 e. The van der Waals surface area contributed by atoms with Gasteiger partial charge in [-0.05, 0) is 38.5 Å². The number of anilines is 1. The molecule has 0 fully saturated rings. The number of hydrogen-bond donors (Lipinski definition) is 1. The Hall–Kier alpha value is -2.24. The van der Waals surface area contributed by atoms with Gasteiger partial charge in [-0.1, -0.05) is 0 Å². The van der Waals surface area contributed by atoms with Crippen molar-refractivity contribution in [3.8, 4) is 11.5 Å². The van der Waals surface area contributed by atoms with Gasteiger partial charge in [-0.15, -0.1) is 0 Å². The van der Waals surface area contributed by atoms with Crippen LogP contribution in [0.15, 0.2) is 12.1 Å². The first kappa shape index (κ1) is 16.8. The fourth-order valence-electron chi connectivity index (χ4n) is 1.99. The molecule has 0 radical (unpaired) electrons. The summed E-state index contributed by atoms with van der Waals surface area (Å²) in [5.74, 6) is -0.385. The molecule has 0 saturated carbocycles. The molecule has 1 aromatic rings. The second-order valence-corrected chi connectivity index (χ2v) is 4.48. The zero-order valence-corrected chi connectivity index (χ0v) is 13.1. The molecule has 0 saturated heterocycles. The van der Waals surface area contributed by atoms with E-state index in [9.17, 15) is 9.59 Å². The number of carbonyl (C=O) groups excluding carboxylic acids is 2. The third kappa shape index (κ3) is 3.87. The van der Waals surface area contributed by atoms with Crippen molar-refractivity contribution in [3.63, 3.8) is 0 Å². The van der Waals surface area contributed by atoms with Gasteiger partial charge in [-0.3, -0.25) is 9.59 Å². The van der Waals surface area contributed by atoms with Crippen LogP contribution >= 0.6 is 0 Å². The van der Waals surface area contributed by atoms with E-state index in [0.717, 1.165) is 5.56 Å². The van der Waals surface area contributed by atoms with Crippen molar-refractivity contribution in [1.82, 2.24) is 4.90 Å². The van der Waals surface area contributed by atoms with E-state index < -0.39 is 11.8 Å². The molecule has 6 nitrogen and oxygen atoms in total. The van der Waals surface area contributed by atoms with Crippen molar-refractivity contribution >= 4 is 17.5 Å². The highest BCUT2D eigenvalue weighted by Crippen LogP contribution is 2.35. The molecule has 1 N–H and O–H groups in total. The second kappa shape index (κ2) is 7.52. The smallest absolute Gasteiger partial charge is 0.314 e. The van der Waals surface area contributed by atoms with Gasteiger partial charge in [0.25, 0.3) is 0 Å². The summed E-state index contributed by atoms with van der Waals surface area (Å²) >= 11 is 0. The predicted molar refractivity (Wildman–Crippen MR) is 80.8 cm³/mol. The van der Waals surface area contributed by atoms with Gasteiger partial charge in [0.05, 0.1) is 14.2 Å². The number of likely N-dealkylation sites (N-methyl/N-ethyl adjacent to an activating group) is 1. The Morgan fingerprint density at radius 2 is 1.57 bits per heavy atom. The summed E-state index contributed by atoms with van der Waals surface area (Å²) in [5, 5.41) is 2.58. The van der Waals surface area contributed by atoms with Crippen LogP contribution in [0.4, 0.5) is 5.69 Å². The van der Waals surface area contributed by atoms with Gasteiger partial charge >= 0.3 is 11.8 Å². The van der Waals surface area contributed by atoms with Gasteiger partial charge in [-0.2, -0.15) is 0 Å². The zero-order valence-electron chi connectivity index (χ0n) is 13.1. The molecule has 1 aromatic carbocycles. The lowest BCUT2D eigenvalue weighted by Gasteiger charge is -2.19. The third-order valence-electron chi connectivity index (χ3n) is 3.13. The number of ether oxygens (including phenoxy) is 2. The summed E-state index contributed by atoms with van der Waals surface area (Å²) < 4.78 is 10.5. The molecule has 21 heavy (non-hydrogen) atoms. The number of carbonyl (C=O) groups is 2. The number of benzene rings is 1. The maximum absolute atomic E-state index is 12.1. The lowest BCUT2D eigenvalue weighted by atomic mass is 10.2. The molecule has 0 aromatic heterocycles. The SMILES string of the molecule is CCN(CC)C(=O)C(=O)Nc1c(OC)cc(C)cc1OC. The van der Waals surface area contributed by atoms with E-state index >= 15 is 0 Å². The van der Waals surface area contributed by atoms with Crippen molar-refractivity contribution in [3.05, 3.63) is 17.7 Å². The summed E-state index contributed by atoms with van der Waals surface area (Å²) in [4.78, 5) is 25.5. The van der Waals surface area contributed by atoms with E-state index in [4.69, 9.17) is 9.47 Å². The van der Waals surface area contributed by atoms with Crippen LogP contribution in [0.1, 0.15) is 19.4 Å².